The standard InChI is InChI=1S/C12H18N2O5S/c1-2-5-14-7-9(6-10(14)11(16)17)20(18,19)13-12(8-15)3-4-12/h6-7,13,15H,2-5,8H2,1H3,(H,16,17). The molecule has 7 nitrogen and oxygen atoms in total. The maximum atomic E-state index is 12.2. The number of sulfonamides is 1. The van der Waals surface area contributed by atoms with Crippen LogP contribution in [0.15, 0.2) is 17.2 Å². The van der Waals surface area contributed by atoms with E-state index in [0.717, 1.165) is 6.07 Å². The number of hydrogen-bond acceptors (Lipinski definition) is 4. The van der Waals surface area contributed by atoms with Gasteiger partial charge in [0.05, 0.1) is 12.1 Å². The topological polar surface area (TPSA) is 109 Å². The average Bonchev–Trinajstić information content (AvgIpc) is 2.98. The third-order valence-corrected chi connectivity index (χ3v) is 4.92. The molecular weight excluding hydrogens is 284 g/mol. The van der Waals surface area contributed by atoms with Crippen LogP contribution in [0.25, 0.3) is 0 Å². The highest BCUT2D eigenvalue weighted by atomic mass is 32.2. The Morgan fingerprint density at radius 2 is 2.15 bits per heavy atom. The second-order valence-electron chi connectivity index (χ2n) is 5.10. The van der Waals surface area contributed by atoms with E-state index in [0.29, 0.717) is 25.8 Å². The van der Waals surface area contributed by atoms with Crippen molar-refractivity contribution in [2.45, 2.75) is 43.2 Å². The van der Waals surface area contributed by atoms with Crippen LogP contribution >= 0.6 is 0 Å². The first kappa shape index (κ1) is 15.0. The van der Waals surface area contributed by atoms with Crippen LogP contribution in [-0.2, 0) is 16.6 Å². The van der Waals surface area contributed by atoms with Gasteiger partial charge in [0.2, 0.25) is 10.0 Å². The summed E-state index contributed by atoms with van der Waals surface area (Å²) >= 11 is 0. The van der Waals surface area contributed by atoms with Gasteiger partial charge in [-0.15, -0.1) is 0 Å². The molecule has 0 saturated heterocycles. The number of hydrogen-bond donors (Lipinski definition) is 3. The van der Waals surface area contributed by atoms with Gasteiger partial charge in [0, 0.05) is 12.7 Å². The monoisotopic (exact) mass is 302 g/mol. The van der Waals surface area contributed by atoms with Crippen molar-refractivity contribution in [3.05, 3.63) is 18.0 Å². The first-order valence-corrected chi connectivity index (χ1v) is 7.90. The van der Waals surface area contributed by atoms with Crippen LogP contribution in [-0.4, -0.2) is 41.3 Å². The minimum atomic E-state index is -3.82. The van der Waals surface area contributed by atoms with Crippen molar-refractivity contribution in [1.29, 1.82) is 0 Å². The summed E-state index contributed by atoms with van der Waals surface area (Å²) in [6.07, 6.45) is 3.19. The second-order valence-corrected chi connectivity index (χ2v) is 6.79. The Morgan fingerprint density at radius 1 is 1.50 bits per heavy atom. The fourth-order valence-electron chi connectivity index (χ4n) is 2.02. The third-order valence-electron chi connectivity index (χ3n) is 3.37. The summed E-state index contributed by atoms with van der Waals surface area (Å²) in [7, 11) is -3.82. The van der Waals surface area contributed by atoms with Gasteiger partial charge in [0.1, 0.15) is 10.6 Å². The number of aryl methyl sites for hydroxylation is 1. The molecule has 1 heterocycles. The van der Waals surface area contributed by atoms with Gasteiger partial charge in [-0.1, -0.05) is 6.92 Å². The molecule has 1 aromatic heterocycles. The molecule has 0 atom stereocenters. The molecule has 0 amide bonds. The number of aromatic nitrogens is 1. The molecule has 1 aromatic rings. The van der Waals surface area contributed by atoms with Crippen LogP contribution < -0.4 is 4.72 Å². The Labute approximate surface area is 117 Å². The molecule has 1 saturated carbocycles. The summed E-state index contributed by atoms with van der Waals surface area (Å²) < 4.78 is 28.3. The van der Waals surface area contributed by atoms with Gasteiger partial charge >= 0.3 is 5.97 Å². The Balaban J connectivity index is 2.32. The van der Waals surface area contributed by atoms with Crippen molar-refractivity contribution in [1.82, 2.24) is 9.29 Å². The van der Waals surface area contributed by atoms with Gasteiger partial charge in [0.15, 0.2) is 0 Å². The first-order chi connectivity index (χ1) is 9.33. The van der Waals surface area contributed by atoms with E-state index in [1.807, 2.05) is 6.92 Å². The van der Waals surface area contributed by atoms with E-state index in [-0.39, 0.29) is 17.2 Å². The molecule has 20 heavy (non-hydrogen) atoms. The highest BCUT2D eigenvalue weighted by Gasteiger charge is 2.45. The smallest absolute Gasteiger partial charge is 0.352 e. The molecule has 2 rings (SSSR count). The summed E-state index contributed by atoms with van der Waals surface area (Å²) in [6.45, 7) is 2.05. The van der Waals surface area contributed by atoms with Crippen molar-refractivity contribution in [3.8, 4) is 0 Å². The number of nitrogens with zero attached hydrogens (tertiary/aromatic N) is 1. The van der Waals surface area contributed by atoms with Crippen molar-refractivity contribution < 1.29 is 23.4 Å². The summed E-state index contributed by atoms with van der Waals surface area (Å²) in [6, 6.07) is 1.15. The van der Waals surface area contributed by atoms with Crippen LogP contribution in [0.1, 0.15) is 36.7 Å². The minimum absolute atomic E-state index is 0.0546. The van der Waals surface area contributed by atoms with Crippen molar-refractivity contribution >= 4 is 16.0 Å². The first-order valence-electron chi connectivity index (χ1n) is 6.42. The number of carboxylic acids is 1. The molecule has 0 unspecified atom stereocenters. The number of carboxylic acid groups (broad SMARTS) is 1. The van der Waals surface area contributed by atoms with Crippen molar-refractivity contribution in [2.75, 3.05) is 6.61 Å². The molecule has 1 fully saturated rings. The Bertz CT molecular complexity index is 616. The number of aromatic carboxylic acids is 1. The largest absolute Gasteiger partial charge is 0.477 e. The van der Waals surface area contributed by atoms with E-state index >= 15 is 0 Å². The minimum Gasteiger partial charge on any atom is -0.477 e. The van der Waals surface area contributed by atoms with E-state index in [1.54, 1.807) is 0 Å². The lowest BCUT2D eigenvalue weighted by Crippen LogP contribution is -2.39. The number of nitrogens with one attached hydrogen (secondary N) is 1. The summed E-state index contributed by atoms with van der Waals surface area (Å²) in [5, 5.41) is 18.3. The Hall–Kier alpha value is -1.38. The molecule has 3 N–H and O–H groups in total. The van der Waals surface area contributed by atoms with E-state index in [9.17, 15) is 18.3 Å². The Kier molecular flexibility index (Phi) is 3.90. The van der Waals surface area contributed by atoms with Crippen LogP contribution in [0.3, 0.4) is 0 Å². The molecule has 112 valence electrons. The highest BCUT2D eigenvalue weighted by Crippen LogP contribution is 2.36. The fraction of sp³-hybridized carbons (Fsp3) is 0.583. The zero-order chi connectivity index (χ0) is 15.0. The zero-order valence-electron chi connectivity index (χ0n) is 11.2. The van der Waals surface area contributed by atoms with Gasteiger partial charge in [-0.3, -0.25) is 0 Å². The summed E-state index contributed by atoms with van der Waals surface area (Å²) in [5.41, 5.74) is -0.823. The van der Waals surface area contributed by atoms with Gasteiger partial charge < -0.3 is 14.8 Å². The van der Waals surface area contributed by atoms with E-state index in [4.69, 9.17) is 5.11 Å². The molecule has 1 aliphatic carbocycles. The number of aliphatic hydroxyl groups excluding tert-OH is 1. The predicted molar refractivity (Wildman–Crippen MR) is 71.1 cm³/mol. The SMILES string of the molecule is CCCn1cc(S(=O)(=O)NC2(CO)CC2)cc1C(=O)O. The van der Waals surface area contributed by atoms with Crippen LogP contribution in [0.5, 0.6) is 0 Å². The maximum Gasteiger partial charge on any atom is 0.352 e. The highest BCUT2D eigenvalue weighted by molar-refractivity contribution is 7.89. The van der Waals surface area contributed by atoms with Crippen LogP contribution in [0.2, 0.25) is 0 Å². The van der Waals surface area contributed by atoms with Gasteiger partial charge in [-0.05, 0) is 25.3 Å². The van der Waals surface area contributed by atoms with Crippen molar-refractivity contribution in [2.24, 2.45) is 0 Å². The van der Waals surface area contributed by atoms with Gasteiger partial charge in [0.25, 0.3) is 0 Å². The third kappa shape index (κ3) is 2.87. The molecular formula is C12H18N2O5S. The van der Waals surface area contributed by atoms with Crippen LogP contribution in [0.4, 0.5) is 0 Å². The summed E-state index contributed by atoms with van der Waals surface area (Å²) in [4.78, 5) is 11.0. The second kappa shape index (κ2) is 5.19. The lowest BCUT2D eigenvalue weighted by atomic mass is 10.3. The summed E-state index contributed by atoms with van der Waals surface area (Å²) in [5.74, 6) is -1.16. The van der Waals surface area contributed by atoms with Crippen LogP contribution in [0, 0.1) is 0 Å². The molecule has 0 aliphatic heterocycles. The van der Waals surface area contributed by atoms with Crippen molar-refractivity contribution in [3.63, 3.8) is 0 Å². The fourth-order valence-corrected chi connectivity index (χ4v) is 3.51. The van der Waals surface area contributed by atoms with E-state index in [2.05, 4.69) is 4.72 Å². The molecule has 1 aliphatic rings. The molecule has 0 aromatic carbocycles. The quantitative estimate of drug-likeness (QED) is 0.675. The molecule has 0 bridgehead atoms. The number of rotatable bonds is 7. The lowest BCUT2D eigenvalue weighted by molar-refractivity contribution is 0.0685. The predicted octanol–water partition coefficient (Wildman–Crippen LogP) is 0.399. The van der Waals surface area contributed by atoms with Gasteiger partial charge in [-0.25, -0.2) is 17.9 Å². The molecule has 0 spiro atoms. The zero-order valence-corrected chi connectivity index (χ0v) is 12.0. The average molecular weight is 302 g/mol. The number of carbonyl (C=O) groups is 1. The number of aliphatic hydroxyl groups is 1. The molecule has 0 radical (unpaired) electrons. The maximum absolute atomic E-state index is 12.2. The van der Waals surface area contributed by atoms with Gasteiger partial charge in [-0.2, -0.15) is 0 Å². The molecule has 8 heteroatoms. The normalized spacial score (nSPS) is 17.1. The van der Waals surface area contributed by atoms with E-state index in [1.165, 1.54) is 10.8 Å². The lowest BCUT2D eigenvalue weighted by Gasteiger charge is -2.13. The van der Waals surface area contributed by atoms with E-state index < -0.39 is 21.5 Å². The Morgan fingerprint density at radius 3 is 2.60 bits per heavy atom.